The molecule has 0 aliphatic carbocycles. The van der Waals surface area contributed by atoms with Gasteiger partial charge in [0.15, 0.2) is 5.16 Å². The van der Waals surface area contributed by atoms with Gasteiger partial charge >= 0.3 is 0 Å². The molecule has 1 unspecified atom stereocenters. The number of unbranched alkanes of at least 4 members (excludes halogenated alkanes) is 1. The third-order valence-corrected chi connectivity index (χ3v) is 4.13. The summed E-state index contributed by atoms with van der Waals surface area (Å²) in [6.07, 6.45) is 4.02. The number of hydrogen-bond donors (Lipinski definition) is 3. The van der Waals surface area contributed by atoms with Crippen LogP contribution >= 0.6 is 11.8 Å². The van der Waals surface area contributed by atoms with E-state index >= 15 is 0 Å². The van der Waals surface area contributed by atoms with Gasteiger partial charge in [0, 0.05) is 17.5 Å². The molecule has 0 bridgehead atoms. The Balaban J connectivity index is 2.39. The van der Waals surface area contributed by atoms with Crippen LogP contribution in [0.2, 0.25) is 0 Å². The van der Waals surface area contributed by atoms with Crippen molar-refractivity contribution in [3.8, 4) is 0 Å². The maximum atomic E-state index is 11.5. The number of aryl methyl sites for hydroxylation is 1. The van der Waals surface area contributed by atoms with Crippen molar-refractivity contribution in [1.29, 1.82) is 0 Å². The summed E-state index contributed by atoms with van der Waals surface area (Å²) in [5.41, 5.74) is 10.8. The summed E-state index contributed by atoms with van der Waals surface area (Å²) in [5.74, 6) is 0.335. The normalized spacial score (nSPS) is 13.9. The predicted octanol–water partition coefficient (Wildman–Crippen LogP) is 1.19. The number of aromatic amines is 1. The molecule has 1 aromatic rings. The highest BCUT2D eigenvalue weighted by Crippen LogP contribution is 2.17. The number of carbonyl (C=O) groups is 1. The van der Waals surface area contributed by atoms with Crippen LogP contribution in [0.1, 0.15) is 45.2 Å². The smallest absolute Gasteiger partial charge is 0.251 e. The van der Waals surface area contributed by atoms with Crippen molar-refractivity contribution in [2.24, 2.45) is 11.5 Å². The van der Waals surface area contributed by atoms with Crippen LogP contribution in [0.4, 0.5) is 0 Å². The summed E-state index contributed by atoms with van der Waals surface area (Å²) in [7, 11) is 0. The van der Waals surface area contributed by atoms with E-state index in [2.05, 4.69) is 16.9 Å². The maximum Gasteiger partial charge on any atom is 0.251 e. The Bertz CT molecular complexity index is 528. The highest BCUT2D eigenvalue weighted by atomic mass is 32.2. The van der Waals surface area contributed by atoms with Crippen molar-refractivity contribution in [3.05, 3.63) is 22.1 Å². The highest BCUT2D eigenvalue weighted by Gasteiger charge is 2.24. The van der Waals surface area contributed by atoms with E-state index in [0.717, 1.165) is 37.1 Å². The lowest BCUT2D eigenvalue weighted by Crippen LogP contribution is -2.49. The summed E-state index contributed by atoms with van der Waals surface area (Å²) in [4.78, 5) is 29.7. The van der Waals surface area contributed by atoms with Gasteiger partial charge < -0.3 is 16.5 Å². The van der Waals surface area contributed by atoms with E-state index in [1.165, 1.54) is 11.8 Å². The zero-order valence-electron chi connectivity index (χ0n) is 12.6. The van der Waals surface area contributed by atoms with Crippen molar-refractivity contribution < 1.29 is 4.79 Å². The number of carbonyl (C=O) groups excluding carboxylic acids is 1. The molecule has 0 saturated heterocycles. The number of thioether (sulfide) groups is 1. The average molecular weight is 312 g/mol. The third-order valence-electron chi connectivity index (χ3n) is 3.17. The van der Waals surface area contributed by atoms with Crippen LogP contribution in [-0.2, 0) is 11.2 Å². The van der Waals surface area contributed by atoms with Gasteiger partial charge in [0.05, 0.1) is 5.54 Å². The minimum Gasteiger partial charge on any atom is -0.368 e. The molecule has 0 radical (unpaired) electrons. The first kappa shape index (κ1) is 17.7. The van der Waals surface area contributed by atoms with Gasteiger partial charge in [-0.1, -0.05) is 31.5 Å². The number of H-pyrrole nitrogens is 1. The number of amides is 1. The zero-order chi connectivity index (χ0) is 15.9. The second-order valence-electron chi connectivity index (χ2n) is 5.38. The Morgan fingerprint density at radius 2 is 2.19 bits per heavy atom. The molecule has 0 aliphatic heterocycles. The van der Waals surface area contributed by atoms with Crippen molar-refractivity contribution in [2.75, 3.05) is 5.75 Å². The van der Waals surface area contributed by atoms with E-state index in [9.17, 15) is 9.59 Å². The van der Waals surface area contributed by atoms with Gasteiger partial charge in [-0.25, -0.2) is 4.98 Å². The van der Waals surface area contributed by atoms with Gasteiger partial charge in [-0.15, -0.1) is 0 Å². The molecule has 1 rings (SSSR count). The topological polar surface area (TPSA) is 115 Å². The molecule has 0 saturated carbocycles. The van der Waals surface area contributed by atoms with E-state index < -0.39 is 11.4 Å². The maximum absolute atomic E-state index is 11.5. The molecule has 1 heterocycles. The fourth-order valence-electron chi connectivity index (χ4n) is 1.82. The molecule has 1 atom stereocenters. The van der Waals surface area contributed by atoms with Gasteiger partial charge in [-0.3, -0.25) is 9.59 Å². The minimum atomic E-state index is -0.946. The molecule has 21 heavy (non-hydrogen) atoms. The quantitative estimate of drug-likeness (QED) is 0.360. The third kappa shape index (κ3) is 6.31. The number of nitrogens with one attached hydrogen (secondary N) is 1. The average Bonchev–Trinajstić information content (AvgIpc) is 2.37. The fraction of sp³-hybridized carbons (Fsp3) is 0.643. The lowest BCUT2D eigenvalue weighted by Gasteiger charge is -2.19. The number of nitrogens with zero attached hydrogens (tertiary/aromatic N) is 1. The summed E-state index contributed by atoms with van der Waals surface area (Å²) in [5, 5.41) is 0.649. The van der Waals surface area contributed by atoms with Crippen LogP contribution in [0, 0.1) is 0 Å². The molecule has 118 valence electrons. The van der Waals surface area contributed by atoms with E-state index in [-0.39, 0.29) is 5.56 Å². The first-order valence-electron chi connectivity index (χ1n) is 7.17. The van der Waals surface area contributed by atoms with E-state index in [1.807, 2.05) is 0 Å². The predicted molar refractivity (Wildman–Crippen MR) is 85.2 cm³/mol. The van der Waals surface area contributed by atoms with Crippen LogP contribution < -0.4 is 17.0 Å². The van der Waals surface area contributed by atoms with Crippen LogP contribution in [0.5, 0.6) is 0 Å². The fourth-order valence-corrected chi connectivity index (χ4v) is 2.72. The minimum absolute atomic E-state index is 0.112. The standard InChI is InChI=1S/C14H24N4O2S/c1-3-6-10-9-11(19)18-13(17-10)21-8-5-4-7-14(2,16)12(15)20/h9H,3-8,16H2,1-2H3,(H2,15,20)(H,17,18,19). The van der Waals surface area contributed by atoms with Gasteiger partial charge in [0.1, 0.15) is 0 Å². The largest absolute Gasteiger partial charge is 0.368 e. The van der Waals surface area contributed by atoms with E-state index in [4.69, 9.17) is 11.5 Å². The van der Waals surface area contributed by atoms with Crippen LogP contribution in [-0.4, -0.2) is 27.2 Å². The van der Waals surface area contributed by atoms with Crippen LogP contribution in [0.25, 0.3) is 0 Å². The number of rotatable bonds is 9. The van der Waals surface area contributed by atoms with E-state index in [1.54, 1.807) is 13.0 Å². The van der Waals surface area contributed by atoms with Crippen molar-refractivity contribution in [1.82, 2.24) is 9.97 Å². The highest BCUT2D eigenvalue weighted by molar-refractivity contribution is 7.99. The number of primary amides is 1. The van der Waals surface area contributed by atoms with Gasteiger partial charge in [-0.05, 0) is 26.2 Å². The molecule has 0 spiro atoms. The SMILES string of the molecule is CCCc1cc(=O)[nH]c(SCCCCC(C)(N)C(N)=O)n1. The first-order valence-corrected chi connectivity index (χ1v) is 8.15. The van der Waals surface area contributed by atoms with E-state index in [0.29, 0.717) is 11.6 Å². The summed E-state index contributed by atoms with van der Waals surface area (Å²) < 4.78 is 0. The molecule has 0 fully saturated rings. The Kier molecular flexibility index (Phi) is 6.91. The first-order chi connectivity index (χ1) is 9.85. The van der Waals surface area contributed by atoms with Crippen LogP contribution in [0.15, 0.2) is 16.0 Å². The summed E-state index contributed by atoms with van der Waals surface area (Å²) in [6.45, 7) is 3.70. The Hall–Kier alpha value is -1.34. The number of aromatic nitrogens is 2. The van der Waals surface area contributed by atoms with Crippen LogP contribution in [0.3, 0.4) is 0 Å². The monoisotopic (exact) mass is 312 g/mol. The molecule has 5 N–H and O–H groups in total. The Labute approximate surface area is 129 Å². The molecular formula is C14H24N4O2S. The summed E-state index contributed by atoms with van der Waals surface area (Å²) in [6, 6.07) is 1.54. The molecule has 6 nitrogen and oxygen atoms in total. The summed E-state index contributed by atoms with van der Waals surface area (Å²) >= 11 is 1.51. The lowest BCUT2D eigenvalue weighted by atomic mass is 9.96. The second kappa shape index (κ2) is 8.19. The zero-order valence-corrected chi connectivity index (χ0v) is 13.5. The molecule has 0 aliphatic rings. The number of hydrogen-bond acceptors (Lipinski definition) is 5. The van der Waals surface area contributed by atoms with Crippen molar-refractivity contribution in [2.45, 2.75) is 56.6 Å². The lowest BCUT2D eigenvalue weighted by molar-refractivity contribution is -0.122. The second-order valence-corrected chi connectivity index (χ2v) is 6.46. The van der Waals surface area contributed by atoms with Gasteiger partial charge in [0.2, 0.25) is 5.91 Å². The van der Waals surface area contributed by atoms with Gasteiger partial charge in [-0.2, -0.15) is 0 Å². The molecule has 0 aromatic carbocycles. The Morgan fingerprint density at radius 3 is 2.81 bits per heavy atom. The molecule has 1 amide bonds. The van der Waals surface area contributed by atoms with Crippen molar-refractivity contribution >= 4 is 17.7 Å². The van der Waals surface area contributed by atoms with Crippen molar-refractivity contribution in [3.63, 3.8) is 0 Å². The molecule has 7 heteroatoms. The Morgan fingerprint density at radius 1 is 1.48 bits per heavy atom. The molecule has 1 aromatic heterocycles. The molecular weight excluding hydrogens is 288 g/mol. The number of nitrogens with two attached hydrogens (primary N) is 2. The van der Waals surface area contributed by atoms with Gasteiger partial charge in [0.25, 0.3) is 5.56 Å².